The van der Waals surface area contributed by atoms with Gasteiger partial charge in [-0.2, -0.15) is 5.26 Å². The molecule has 1 aliphatic rings. The molecule has 2 heterocycles. The fraction of sp³-hybridized carbons (Fsp3) is 0.263. The first kappa shape index (κ1) is 18.2. The first-order chi connectivity index (χ1) is 13.0. The third-order valence-electron chi connectivity index (χ3n) is 4.40. The van der Waals surface area contributed by atoms with E-state index in [0.29, 0.717) is 34.3 Å². The average molecular weight is 369 g/mol. The Morgan fingerprint density at radius 3 is 2.48 bits per heavy atom. The molecule has 140 valence electrons. The second-order valence-electron chi connectivity index (χ2n) is 5.91. The van der Waals surface area contributed by atoms with Gasteiger partial charge < -0.3 is 29.7 Å². The molecule has 8 heteroatoms. The molecular weight excluding hydrogens is 350 g/mol. The molecule has 0 saturated heterocycles. The SMILES string of the molecule is COc1ccc([C@H]2C(C#N)=C(N)Oc3cc(C)[nH]c(=O)c32)c(OC)c1OC. The maximum absolute atomic E-state index is 12.7. The number of nitrogens with one attached hydrogen (secondary N) is 1. The van der Waals surface area contributed by atoms with Gasteiger partial charge in [0.15, 0.2) is 11.5 Å². The number of fused-ring (bicyclic) bond motifs is 1. The number of H-pyrrole nitrogens is 1. The number of pyridine rings is 1. The Bertz CT molecular complexity index is 1030. The van der Waals surface area contributed by atoms with Crippen LogP contribution >= 0.6 is 0 Å². The van der Waals surface area contributed by atoms with Crippen molar-refractivity contribution in [3.8, 4) is 29.1 Å². The summed E-state index contributed by atoms with van der Waals surface area (Å²) in [7, 11) is 4.46. The quantitative estimate of drug-likeness (QED) is 0.845. The van der Waals surface area contributed by atoms with Crippen LogP contribution in [-0.4, -0.2) is 26.3 Å². The number of aromatic amines is 1. The largest absolute Gasteiger partial charge is 0.493 e. The van der Waals surface area contributed by atoms with Crippen molar-refractivity contribution in [3.05, 3.63) is 56.8 Å². The molecule has 3 N–H and O–H groups in total. The smallest absolute Gasteiger partial charge is 0.256 e. The van der Waals surface area contributed by atoms with Gasteiger partial charge in [0.25, 0.3) is 5.56 Å². The third-order valence-corrected chi connectivity index (χ3v) is 4.40. The summed E-state index contributed by atoms with van der Waals surface area (Å²) in [5.74, 6) is 0.614. The average Bonchev–Trinajstić information content (AvgIpc) is 2.65. The van der Waals surface area contributed by atoms with Gasteiger partial charge in [0, 0.05) is 17.3 Å². The summed E-state index contributed by atoms with van der Waals surface area (Å²) in [5, 5.41) is 9.68. The van der Waals surface area contributed by atoms with Gasteiger partial charge in [-0.3, -0.25) is 4.79 Å². The number of benzene rings is 1. The highest BCUT2D eigenvalue weighted by atomic mass is 16.5. The van der Waals surface area contributed by atoms with Crippen molar-refractivity contribution >= 4 is 0 Å². The molecular formula is C19H19N3O5. The second-order valence-corrected chi connectivity index (χ2v) is 5.91. The van der Waals surface area contributed by atoms with Gasteiger partial charge in [0.1, 0.15) is 17.4 Å². The van der Waals surface area contributed by atoms with Gasteiger partial charge in [-0.1, -0.05) is 6.07 Å². The lowest BCUT2D eigenvalue weighted by Gasteiger charge is -2.27. The Labute approximate surface area is 155 Å². The van der Waals surface area contributed by atoms with Crippen molar-refractivity contribution in [1.82, 2.24) is 4.98 Å². The number of nitrogens with two attached hydrogens (primary N) is 1. The minimum Gasteiger partial charge on any atom is -0.493 e. The van der Waals surface area contributed by atoms with Crippen LogP contribution in [0.4, 0.5) is 0 Å². The van der Waals surface area contributed by atoms with E-state index >= 15 is 0 Å². The molecule has 1 atom stereocenters. The molecule has 1 aromatic heterocycles. The Balaban J connectivity index is 2.37. The lowest BCUT2D eigenvalue weighted by atomic mass is 9.83. The Hall–Kier alpha value is -3.60. The lowest BCUT2D eigenvalue weighted by molar-refractivity contribution is 0.321. The number of nitrogens with zero attached hydrogens (tertiary/aromatic N) is 1. The fourth-order valence-electron chi connectivity index (χ4n) is 3.27. The number of nitriles is 1. The van der Waals surface area contributed by atoms with Gasteiger partial charge in [0.2, 0.25) is 11.6 Å². The number of aromatic nitrogens is 1. The third kappa shape index (κ3) is 2.83. The summed E-state index contributed by atoms with van der Waals surface area (Å²) in [6.45, 7) is 1.73. The van der Waals surface area contributed by atoms with E-state index in [1.165, 1.54) is 21.3 Å². The summed E-state index contributed by atoms with van der Waals surface area (Å²) in [5.41, 5.74) is 7.15. The first-order valence-electron chi connectivity index (χ1n) is 8.07. The zero-order chi connectivity index (χ0) is 19.7. The molecule has 0 saturated carbocycles. The van der Waals surface area contributed by atoms with E-state index in [4.69, 9.17) is 24.7 Å². The highest BCUT2D eigenvalue weighted by Gasteiger charge is 2.36. The van der Waals surface area contributed by atoms with E-state index in [0.717, 1.165) is 0 Å². The summed E-state index contributed by atoms with van der Waals surface area (Å²) in [6.07, 6.45) is 0. The van der Waals surface area contributed by atoms with Crippen molar-refractivity contribution in [3.63, 3.8) is 0 Å². The number of rotatable bonds is 4. The number of hydrogen-bond acceptors (Lipinski definition) is 7. The van der Waals surface area contributed by atoms with Gasteiger partial charge in [-0.15, -0.1) is 0 Å². The van der Waals surface area contributed by atoms with Crippen molar-refractivity contribution in [2.24, 2.45) is 5.73 Å². The summed E-state index contributed by atoms with van der Waals surface area (Å²) < 4.78 is 21.8. The minimum atomic E-state index is -0.780. The molecule has 3 rings (SSSR count). The lowest BCUT2D eigenvalue weighted by Crippen LogP contribution is -2.28. The predicted octanol–water partition coefficient (Wildman–Crippen LogP) is 1.93. The fourth-order valence-corrected chi connectivity index (χ4v) is 3.27. The summed E-state index contributed by atoms with van der Waals surface area (Å²) in [4.78, 5) is 15.4. The summed E-state index contributed by atoms with van der Waals surface area (Å²) >= 11 is 0. The highest BCUT2D eigenvalue weighted by Crippen LogP contribution is 2.48. The van der Waals surface area contributed by atoms with Gasteiger partial charge in [0.05, 0.1) is 32.8 Å². The van der Waals surface area contributed by atoms with Crippen LogP contribution in [0.5, 0.6) is 23.0 Å². The van der Waals surface area contributed by atoms with Crippen LogP contribution in [0.15, 0.2) is 34.4 Å². The minimum absolute atomic E-state index is 0.0585. The van der Waals surface area contributed by atoms with E-state index in [1.54, 1.807) is 25.1 Å². The predicted molar refractivity (Wildman–Crippen MR) is 97.2 cm³/mol. The van der Waals surface area contributed by atoms with Crippen LogP contribution in [0.25, 0.3) is 0 Å². The zero-order valence-electron chi connectivity index (χ0n) is 15.4. The van der Waals surface area contributed by atoms with E-state index in [-0.39, 0.29) is 22.6 Å². The standard InChI is InChI=1S/C19H19N3O5/c1-9-7-13-15(19(23)22-9)14(11(8-20)18(21)27-13)10-5-6-12(24-2)17(26-4)16(10)25-3/h5-7,14H,21H2,1-4H3,(H,22,23)/t14-/m0/s1. The Morgan fingerprint density at radius 2 is 1.89 bits per heavy atom. The zero-order valence-corrected chi connectivity index (χ0v) is 15.4. The second kappa shape index (κ2) is 6.96. The monoisotopic (exact) mass is 369 g/mol. The van der Waals surface area contributed by atoms with Gasteiger partial charge in [-0.25, -0.2) is 0 Å². The van der Waals surface area contributed by atoms with E-state index in [2.05, 4.69) is 11.1 Å². The van der Waals surface area contributed by atoms with Crippen LogP contribution in [0, 0.1) is 18.3 Å². The topological polar surface area (TPSA) is 120 Å². The van der Waals surface area contributed by atoms with E-state index in [9.17, 15) is 10.1 Å². The molecule has 0 unspecified atom stereocenters. The summed E-state index contributed by atoms with van der Waals surface area (Å²) in [6, 6.07) is 7.11. The number of allylic oxidation sites excluding steroid dienone is 1. The number of hydrogen-bond donors (Lipinski definition) is 2. The number of methoxy groups -OCH3 is 3. The maximum Gasteiger partial charge on any atom is 0.256 e. The Kier molecular flexibility index (Phi) is 4.69. The molecule has 1 aromatic carbocycles. The molecule has 1 aliphatic heterocycles. The maximum atomic E-state index is 12.7. The van der Waals surface area contributed by atoms with Gasteiger partial charge in [-0.05, 0) is 13.0 Å². The van der Waals surface area contributed by atoms with E-state index < -0.39 is 5.92 Å². The molecule has 0 amide bonds. The number of aryl methyl sites for hydroxylation is 1. The van der Waals surface area contributed by atoms with Crippen molar-refractivity contribution in [2.45, 2.75) is 12.8 Å². The molecule has 0 radical (unpaired) electrons. The van der Waals surface area contributed by atoms with Crippen LogP contribution in [0.1, 0.15) is 22.7 Å². The van der Waals surface area contributed by atoms with Crippen molar-refractivity contribution < 1.29 is 18.9 Å². The molecule has 0 spiro atoms. The molecule has 2 aromatic rings. The molecule has 0 aliphatic carbocycles. The van der Waals surface area contributed by atoms with Crippen LogP contribution in [-0.2, 0) is 0 Å². The molecule has 27 heavy (non-hydrogen) atoms. The van der Waals surface area contributed by atoms with Gasteiger partial charge >= 0.3 is 0 Å². The van der Waals surface area contributed by atoms with Crippen molar-refractivity contribution in [2.75, 3.05) is 21.3 Å². The highest BCUT2D eigenvalue weighted by molar-refractivity contribution is 5.63. The number of ether oxygens (including phenoxy) is 4. The Morgan fingerprint density at radius 1 is 1.19 bits per heavy atom. The first-order valence-corrected chi connectivity index (χ1v) is 8.07. The van der Waals surface area contributed by atoms with Crippen LogP contribution < -0.4 is 30.2 Å². The van der Waals surface area contributed by atoms with E-state index in [1.807, 2.05) is 0 Å². The molecule has 0 fully saturated rings. The normalized spacial score (nSPS) is 15.4. The van der Waals surface area contributed by atoms with Crippen molar-refractivity contribution in [1.29, 1.82) is 5.26 Å². The molecule has 8 nitrogen and oxygen atoms in total. The molecule has 0 bridgehead atoms. The van der Waals surface area contributed by atoms with Crippen LogP contribution in [0.3, 0.4) is 0 Å². The van der Waals surface area contributed by atoms with Crippen LogP contribution in [0.2, 0.25) is 0 Å².